The predicted molar refractivity (Wildman–Crippen MR) is 118 cm³/mol. The van der Waals surface area contributed by atoms with Gasteiger partial charge in [-0.05, 0) is 25.0 Å². The number of piperazine rings is 1. The molecule has 8 nitrogen and oxygen atoms in total. The number of esters is 1. The number of carbonyl (C=O) groups is 1. The molecule has 4 rings (SSSR count). The van der Waals surface area contributed by atoms with Gasteiger partial charge in [0, 0.05) is 37.7 Å². The van der Waals surface area contributed by atoms with Crippen molar-refractivity contribution >= 4 is 11.7 Å². The zero-order valence-corrected chi connectivity index (χ0v) is 18.8. The molecule has 1 N–H and O–H groups in total. The van der Waals surface area contributed by atoms with Crippen LogP contribution in [-0.4, -0.2) is 55.1 Å². The van der Waals surface area contributed by atoms with Gasteiger partial charge < -0.3 is 19.7 Å². The van der Waals surface area contributed by atoms with Crippen molar-refractivity contribution in [1.82, 2.24) is 15.1 Å². The number of aromatic nitrogens is 2. The van der Waals surface area contributed by atoms with Gasteiger partial charge in [-0.3, -0.25) is 9.59 Å². The van der Waals surface area contributed by atoms with E-state index in [2.05, 4.69) is 10.4 Å². The van der Waals surface area contributed by atoms with Crippen molar-refractivity contribution in [3.05, 3.63) is 46.4 Å². The molecule has 2 aliphatic rings. The van der Waals surface area contributed by atoms with Crippen LogP contribution < -0.4 is 20.5 Å². The maximum absolute atomic E-state index is 13.8. The topological polar surface area (TPSA) is 85.7 Å². The van der Waals surface area contributed by atoms with Crippen molar-refractivity contribution < 1.29 is 23.0 Å². The van der Waals surface area contributed by atoms with Crippen molar-refractivity contribution in [1.29, 1.82) is 0 Å². The van der Waals surface area contributed by atoms with Crippen LogP contribution in [0.5, 0.6) is 5.75 Å². The van der Waals surface area contributed by atoms with Crippen LogP contribution in [0.1, 0.15) is 26.7 Å². The molecule has 2 fully saturated rings. The summed E-state index contributed by atoms with van der Waals surface area (Å²) in [7, 11) is 0. The summed E-state index contributed by atoms with van der Waals surface area (Å²) in [5.41, 5.74) is -0.437. The van der Waals surface area contributed by atoms with E-state index in [1.165, 1.54) is 6.20 Å². The monoisotopic (exact) mass is 462 g/mol. The molecule has 0 spiro atoms. The minimum absolute atomic E-state index is 0.0267. The quantitative estimate of drug-likeness (QED) is 0.603. The highest BCUT2D eigenvalue weighted by Crippen LogP contribution is 2.46. The first-order chi connectivity index (χ1) is 15.8. The largest absolute Gasteiger partial charge is 0.485 e. The Balaban J connectivity index is 1.62. The Labute approximate surface area is 190 Å². The molecular weight excluding hydrogens is 434 g/mol. The molecule has 0 amide bonds. The maximum Gasteiger partial charge on any atom is 0.316 e. The minimum atomic E-state index is -0.809. The molecule has 1 aromatic carbocycles. The highest BCUT2D eigenvalue weighted by molar-refractivity contribution is 5.71. The summed E-state index contributed by atoms with van der Waals surface area (Å²) in [5, 5.41) is 7.42. The fourth-order valence-corrected chi connectivity index (χ4v) is 3.66. The molecule has 0 atom stereocenters. The van der Waals surface area contributed by atoms with Crippen LogP contribution >= 0.6 is 0 Å². The highest BCUT2D eigenvalue weighted by atomic mass is 19.1. The van der Waals surface area contributed by atoms with Gasteiger partial charge in [-0.25, -0.2) is 8.78 Å². The lowest BCUT2D eigenvalue weighted by molar-refractivity contribution is -0.149. The van der Waals surface area contributed by atoms with Crippen molar-refractivity contribution in [3.8, 4) is 11.4 Å². The van der Waals surface area contributed by atoms with Gasteiger partial charge in [-0.15, -0.1) is 0 Å². The zero-order chi connectivity index (χ0) is 23.6. The molecule has 1 aromatic heterocycles. The molecule has 2 aromatic rings. The molecule has 1 saturated heterocycles. The number of hydrogen-bond donors (Lipinski definition) is 1. The summed E-state index contributed by atoms with van der Waals surface area (Å²) in [6.45, 7) is 6.76. The van der Waals surface area contributed by atoms with E-state index < -0.39 is 17.2 Å². The summed E-state index contributed by atoms with van der Waals surface area (Å²) >= 11 is 0. The Kier molecular flexibility index (Phi) is 6.64. The molecule has 1 aliphatic heterocycles. The maximum atomic E-state index is 13.8. The standard InChI is InChI=1S/C23H28F2N4O4/c1-15(2)22(31)33-14-23(3-4-23)13-32-20-19(28-7-5-26-6-8-28)12-27-29(21(20)30)18-10-16(24)9-17(25)11-18/h9-12,15,26H,3-8,13-14H2,1-2H3. The molecule has 33 heavy (non-hydrogen) atoms. The van der Waals surface area contributed by atoms with E-state index in [1.54, 1.807) is 13.8 Å². The smallest absolute Gasteiger partial charge is 0.316 e. The van der Waals surface area contributed by atoms with Gasteiger partial charge in [-0.1, -0.05) is 13.8 Å². The number of rotatable bonds is 8. The zero-order valence-electron chi connectivity index (χ0n) is 18.8. The number of anilines is 1. The van der Waals surface area contributed by atoms with E-state index in [-0.39, 0.29) is 42.0 Å². The summed E-state index contributed by atoms with van der Waals surface area (Å²) in [6.07, 6.45) is 3.12. The number of nitrogens with zero attached hydrogens (tertiary/aromatic N) is 3. The summed E-state index contributed by atoms with van der Waals surface area (Å²) < 4.78 is 39.9. The first-order valence-electron chi connectivity index (χ1n) is 11.1. The van der Waals surface area contributed by atoms with E-state index in [0.717, 1.165) is 48.8 Å². The van der Waals surface area contributed by atoms with Gasteiger partial charge in [-0.2, -0.15) is 9.78 Å². The first-order valence-corrected chi connectivity index (χ1v) is 11.1. The fraction of sp³-hybridized carbons (Fsp3) is 0.522. The van der Waals surface area contributed by atoms with Crippen LogP contribution in [0.3, 0.4) is 0 Å². The Hall–Kier alpha value is -3.01. The van der Waals surface area contributed by atoms with E-state index >= 15 is 0 Å². The van der Waals surface area contributed by atoms with Crippen LogP contribution in [-0.2, 0) is 9.53 Å². The van der Waals surface area contributed by atoms with E-state index in [9.17, 15) is 18.4 Å². The van der Waals surface area contributed by atoms with Gasteiger partial charge in [0.1, 0.15) is 23.9 Å². The SMILES string of the molecule is CC(C)C(=O)OCC1(COc2c(N3CCNCC3)cnn(-c3cc(F)cc(F)c3)c2=O)CC1. The predicted octanol–water partition coefficient (Wildman–Crippen LogP) is 2.28. The second-order valence-corrected chi connectivity index (χ2v) is 8.99. The second kappa shape index (κ2) is 9.46. The van der Waals surface area contributed by atoms with Crippen molar-refractivity contribution in [2.45, 2.75) is 26.7 Å². The number of halogens is 2. The Bertz CT molecular complexity index is 1060. The van der Waals surface area contributed by atoms with Gasteiger partial charge in [0.25, 0.3) is 0 Å². The third-order valence-corrected chi connectivity index (χ3v) is 5.94. The van der Waals surface area contributed by atoms with Gasteiger partial charge >= 0.3 is 11.5 Å². The molecule has 1 saturated carbocycles. The number of hydrogen-bond acceptors (Lipinski definition) is 7. The van der Waals surface area contributed by atoms with Crippen molar-refractivity contribution in [2.24, 2.45) is 11.3 Å². The number of ether oxygens (including phenoxy) is 2. The lowest BCUT2D eigenvalue weighted by atomic mass is 10.1. The molecular formula is C23H28F2N4O4. The first kappa shape index (κ1) is 23.2. The van der Waals surface area contributed by atoms with Gasteiger partial charge in [0.15, 0.2) is 0 Å². The summed E-state index contributed by atoms with van der Waals surface area (Å²) in [4.78, 5) is 27.2. The second-order valence-electron chi connectivity index (χ2n) is 8.99. The number of nitrogens with one attached hydrogen (secondary N) is 1. The average molecular weight is 462 g/mol. The van der Waals surface area contributed by atoms with Crippen LogP contribution in [0.2, 0.25) is 0 Å². The molecule has 0 radical (unpaired) electrons. The van der Waals surface area contributed by atoms with Gasteiger partial charge in [0.2, 0.25) is 5.75 Å². The third-order valence-electron chi connectivity index (χ3n) is 5.94. The van der Waals surface area contributed by atoms with Crippen molar-refractivity contribution in [3.63, 3.8) is 0 Å². The van der Waals surface area contributed by atoms with Gasteiger partial charge in [0.05, 0.1) is 24.4 Å². The number of carbonyl (C=O) groups excluding carboxylic acids is 1. The molecule has 0 unspecified atom stereocenters. The molecule has 2 heterocycles. The molecule has 10 heteroatoms. The van der Waals surface area contributed by atoms with Crippen molar-refractivity contribution in [2.75, 3.05) is 44.3 Å². The third kappa shape index (κ3) is 5.32. The fourth-order valence-electron chi connectivity index (χ4n) is 3.66. The highest BCUT2D eigenvalue weighted by Gasteiger charge is 2.45. The molecule has 0 bridgehead atoms. The van der Waals surface area contributed by atoms with E-state index in [1.807, 2.05) is 4.90 Å². The van der Waals surface area contributed by atoms with Crippen LogP contribution in [0.25, 0.3) is 5.69 Å². The number of benzene rings is 1. The van der Waals surface area contributed by atoms with E-state index in [4.69, 9.17) is 9.47 Å². The summed E-state index contributed by atoms with van der Waals surface area (Å²) in [5.74, 6) is -2.05. The lowest BCUT2D eigenvalue weighted by Gasteiger charge is -2.30. The normalized spacial score (nSPS) is 17.2. The molecule has 178 valence electrons. The van der Waals surface area contributed by atoms with Crippen LogP contribution in [0.15, 0.2) is 29.2 Å². The minimum Gasteiger partial charge on any atom is -0.485 e. The molecule has 1 aliphatic carbocycles. The van der Waals surface area contributed by atoms with Crippen LogP contribution in [0, 0.1) is 23.0 Å². The van der Waals surface area contributed by atoms with E-state index in [0.29, 0.717) is 18.8 Å². The lowest BCUT2D eigenvalue weighted by Crippen LogP contribution is -2.44. The average Bonchev–Trinajstić information content (AvgIpc) is 3.56. The van der Waals surface area contributed by atoms with Crippen LogP contribution in [0.4, 0.5) is 14.5 Å². The summed E-state index contributed by atoms with van der Waals surface area (Å²) in [6, 6.07) is 2.81. The Morgan fingerprint density at radius 3 is 2.42 bits per heavy atom. The Morgan fingerprint density at radius 2 is 1.82 bits per heavy atom. The Morgan fingerprint density at radius 1 is 1.15 bits per heavy atom.